The van der Waals surface area contributed by atoms with Gasteiger partial charge in [-0.2, -0.15) is 0 Å². The summed E-state index contributed by atoms with van der Waals surface area (Å²) in [6, 6.07) is 6.97. The smallest absolute Gasteiger partial charge is 0.0459 e. The third-order valence-corrected chi connectivity index (χ3v) is 4.89. The highest BCUT2D eigenvalue weighted by atomic mass is 35.5. The Labute approximate surface area is 128 Å². The average Bonchev–Trinajstić information content (AvgIpc) is 2.41. The Bertz CT molecular complexity index is 437. The van der Waals surface area contributed by atoms with Gasteiger partial charge in [-0.25, -0.2) is 0 Å². The van der Waals surface area contributed by atoms with Crippen molar-refractivity contribution >= 4 is 17.3 Å². The van der Waals surface area contributed by atoms with Crippen molar-refractivity contribution in [2.75, 3.05) is 11.9 Å². The normalized spacial score (nSPS) is 24.4. The van der Waals surface area contributed by atoms with E-state index in [9.17, 15) is 0 Å². The number of nitrogens with two attached hydrogens (primary N) is 1. The Kier molecular flexibility index (Phi) is 5.34. The highest BCUT2D eigenvalue weighted by molar-refractivity contribution is 6.31. The molecule has 1 fully saturated rings. The van der Waals surface area contributed by atoms with Crippen molar-refractivity contribution in [3.05, 3.63) is 28.8 Å². The van der Waals surface area contributed by atoms with E-state index in [1.165, 1.54) is 36.9 Å². The first-order valence-electron chi connectivity index (χ1n) is 7.74. The van der Waals surface area contributed by atoms with Gasteiger partial charge in [0.05, 0.1) is 0 Å². The summed E-state index contributed by atoms with van der Waals surface area (Å²) in [6.07, 6.45) is 6.06. The molecule has 0 amide bonds. The highest BCUT2D eigenvalue weighted by Crippen LogP contribution is 2.33. The Morgan fingerprint density at radius 3 is 2.55 bits per heavy atom. The Morgan fingerprint density at radius 2 is 1.95 bits per heavy atom. The summed E-state index contributed by atoms with van der Waals surface area (Å²) in [5, 5.41) is 0.843. The molecular formula is C17H27ClN2. The molecule has 2 N–H and O–H groups in total. The van der Waals surface area contributed by atoms with Crippen molar-refractivity contribution in [2.45, 2.75) is 58.0 Å². The fraction of sp³-hybridized carbons (Fsp3) is 0.647. The van der Waals surface area contributed by atoms with E-state index in [4.69, 9.17) is 17.3 Å². The van der Waals surface area contributed by atoms with Crippen LogP contribution in [0.2, 0.25) is 5.02 Å². The van der Waals surface area contributed by atoms with Crippen LogP contribution in [0.15, 0.2) is 18.2 Å². The number of anilines is 1. The van der Waals surface area contributed by atoms with E-state index in [0.29, 0.717) is 6.04 Å². The summed E-state index contributed by atoms with van der Waals surface area (Å²) < 4.78 is 0. The minimum Gasteiger partial charge on any atom is -0.371 e. The molecule has 2 rings (SSSR count). The lowest BCUT2D eigenvalue weighted by Crippen LogP contribution is -2.35. The van der Waals surface area contributed by atoms with Crippen LogP contribution in [0.5, 0.6) is 0 Å². The zero-order valence-electron chi connectivity index (χ0n) is 12.9. The molecule has 0 spiro atoms. The van der Waals surface area contributed by atoms with E-state index >= 15 is 0 Å². The summed E-state index contributed by atoms with van der Waals surface area (Å²) in [6.45, 7) is 4.40. The number of hydrogen-bond acceptors (Lipinski definition) is 2. The van der Waals surface area contributed by atoms with Crippen molar-refractivity contribution in [2.24, 2.45) is 11.7 Å². The van der Waals surface area contributed by atoms with Crippen LogP contribution >= 0.6 is 11.6 Å². The fourth-order valence-electron chi connectivity index (χ4n) is 3.23. The summed E-state index contributed by atoms with van der Waals surface area (Å²) in [4.78, 5) is 2.43. The molecule has 1 aliphatic carbocycles. The molecule has 0 aliphatic heterocycles. The van der Waals surface area contributed by atoms with Gasteiger partial charge in [0.25, 0.3) is 0 Å². The maximum absolute atomic E-state index is 6.40. The molecule has 20 heavy (non-hydrogen) atoms. The topological polar surface area (TPSA) is 29.3 Å². The van der Waals surface area contributed by atoms with Crippen molar-refractivity contribution in [3.63, 3.8) is 0 Å². The number of halogens is 1. The molecule has 1 aliphatic rings. The molecule has 1 aromatic rings. The number of rotatable bonds is 4. The Balaban J connectivity index is 2.20. The molecule has 3 heteroatoms. The van der Waals surface area contributed by atoms with Crippen LogP contribution in [0.3, 0.4) is 0 Å². The second-order valence-corrected chi connectivity index (χ2v) is 6.85. The van der Waals surface area contributed by atoms with E-state index in [0.717, 1.165) is 17.4 Å². The minimum atomic E-state index is 0.133. The molecule has 0 saturated heterocycles. The first-order valence-corrected chi connectivity index (χ1v) is 8.12. The maximum atomic E-state index is 6.40. The predicted octanol–water partition coefficient (Wildman–Crippen LogP) is 4.24. The number of nitrogens with zero attached hydrogens (tertiary/aromatic N) is 1. The molecule has 1 aromatic carbocycles. The maximum Gasteiger partial charge on any atom is 0.0459 e. The Hall–Kier alpha value is -0.730. The predicted molar refractivity (Wildman–Crippen MR) is 88.6 cm³/mol. The first-order chi connectivity index (χ1) is 9.49. The summed E-state index contributed by atoms with van der Waals surface area (Å²) in [5.74, 6) is 0.877. The summed E-state index contributed by atoms with van der Waals surface area (Å²) in [5.41, 5.74) is 8.44. The van der Waals surface area contributed by atoms with Gasteiger partial charge in [0.1, 0.15) is 0 Å². The molecular weight excluding hydrogens is 268 g/mol. The van der Waals surface area contributed by atoms with E-state index < -0.39 is 0 Å². The lowest BCUT2D eigenvalue weighted by molar-refractivity contribution is 0.340. The van der Waals surface area contributed by atoms with Gasteiger partial charge < -0.3 is 10.6 Å². The standard InChI is InChI=1S/C17H27ClN2/c1-12-7-9-14(10-8-12)20(3)17-6-4-5-16(18)15(17)11-13(2)19/h4-6,12-14H,7-11,19H2,1-3H3. The lowest BCUT2D eigenvalue weighted by Gasteiger charge is -2.36. The summed E-state index contributed by atoms with van der Waals surface area (Å²) >= 11 is 6.40. The Morgan fingerprint density at radius 1 is 1.30 bits per heavy atom. The second kappa shape index (κ2) is 6.82. The first kappa shape index (κ1) is 15.7. The van der Waals surface area contributed by atoms with Crippen molar-refractivity contribution in [3.8, 4) is 0 Å². The zero-order valence-corrected chi connectivity index (χ0v) is 13.7. The van der Waals surface area contributed by atoms with Gasteiger partial charge in [-0.05, 0) is 62.6 Å². The molecule has 1 atom stereocenters. The highest BCUT2D eigenvalue weighted by Gasteiger charge is 2.23. The van der Waals surface area contributed by atoms with Crippen molar-refractivity contribution in [1.29, 1.82) is 0 Å². The minimum absolute atomic E-state index is 0.133. The van der Waals surface area contributed by atoms with Crippen LogP contribution in [0, 0.1) is 5.92 Å². The van der Waals surface area contributed by atoms with Crippen LogP contribution < -0.4 is 10.6 Å². The van der Waals surface area contributed by atoms with Gasteiger partial charge in [0.15, 0.2) is 0 Å². The van der Waals surface area contributed by atoms with Crippen LogP contribution in [-0.4, -0.2) is 19.1 Å². The van der Waals surface area contributed by atoms with Gasteiger partial charge in [0.2, 0.25) is 0 Å². The molecule has 2 nitrogen and oxygen atoms in total. The van der Waals surface area contributed by atoms with Gasteiger partial charge in [0, 0.05) is 29.8 Å². The van der Waals surface area contributed by atoms with Gasteiger partial charge in [-0.3, -0.25) is 0 Å². The SMILES string of the molecule is CC(N)Cc1c(Cl)cccc1N(C)C1CCC(C)CC1. The third kappa shape index (κ3) is 3.67. The second-order valence-electron chi connectivity index (χ2n) is 6.44. The molecule has 112 valence electrons. The van der Waals surface area contributed by atoms with Crippen LogP contribution in [0.4, 0.5) is 5.69 Å². The van der Waals surface area contributed by atoms with Gasteiger partial charge in [-0.15, -0.1) is 0 Å². The van der Waals surface area contributed by atoms with E-state index in [1.807, 2.05) is 19.1 Å². The van der Waals surface area contributed by atoms with E-state index in [1.54, 1.807) is 0 Å². The van der Waals surface area contributed by atoms with Crippen molar-refractivity contribution in [1.82, 2.24) is 0 Å². The lowest BCUT2D eigenvalue weighted by atomic mass is 9.86. The zero-order chi connectivity index (χ0) is 14.7. The number of hydrogen-bond donors (Lipinski definition) is 1. The van der Waals surface area contributed by atoms with Gasteiger partial charge >= 0.3 is 0 Å². The van der Waals surface area contributed by atoms with Crippen molar-refractivity contribution < 1.29 is 0 Å². The van der Waals surface area contributed by atoms with Crippen LogP contribution in [-0.2, 0) is 6.42 Å². The molecule has 0 aromatic heterocycles. The molecule has 0 heterocycles. The van der Waals surface area contributed by atoms with E-state index in [2.05, 4.69) is 24.9 Å². The quantitative estimate of drug-likeness (QED) is 0.900. The third-order valence-electron chi connectivity index (χ3n) is 4.53. The average molecular weight is 295 g/mol. The van der Waals surface area contributed by atoms with E-state index in [-0.39, 0.29) is 6.04 Å². The fourth-order valence-corrected chi connectivity index (χ4v) is 3.47. The molecule has 0 radical (unpaired) electrons. The number of benzene rings is 1. The molecule has 0 bridgehead atoms. The monoisotopic (exact) mass is 294 g/mol. The summed E-state index contributed by atoms with van der Waals surface area (Å²) in [7, 11) is 2.21. The van der Waals surface area contributed by atoms with Gasteiger partial charge in [-0.1, -0.05) is 24.6 Å². The molecule has 1 saturated carbocycles. The van der Waals surface area contributed by atoms with Crippen LogP contribution in [0.25, 0.3) is 0 Å². The molecule has 1 unspecified atom stereocenters. The largest absolute Gasteiger partial charge is 0.371 e. The van der Waals surface area contributed by atoms with Crippen LogP contribution in [0.1, 0.15) is 45.1 Å².